The van der Waals surface area contributed by atoms with E-state index < -0.39 is 18.1 Å². The highest BCUT2D eigenvalue weighted by molar-refractivity contribution is 8.14. The molecular weight excluding hydrogens is 461 g/mol. The highest BCUT2D eigenvalue weighted by atomic mass is 32.2. The van der Waals surface area contributed by atoms with Crippen LogP contribution < -0.4 is 20.5 Å². The fourth-order valence-electron chi connectivity index (χ4n) is 3.14. The van der Waals surface area contributed by atoms with Gasteiger partial charge in [0.1, 0.15) is 0 Å². The topological polar surface area (TPSA) is 106 Å². The number of benzene rings is 2. The van der Waals surface area contributed by atoms with E-state index in [1.54, 1.807) is 24.3 Å². The summed E-state index contributed by atoms with van der Waals surface area (Å²) in [6.07, 6.45) is -4.27. The van der Waals surface area contributed by atoms with E-state index >= 15 is 0 Å². The first-order chi connectivity index (χ1) is 15.6. The van der Waals surface area contributed by atoms with Crippen molar-refractivity contribution < 1.29 is 32.2 Å². The Labute approximate surface area is 191 Å². The number of hydrogen-bond acceptors (Lipinski definition) is 6. The Kier molecular flexibility index (Phi) is 7.36. The molecule has 0 aliphatic carbocycles. The third-order valence-corrected chi connectivity index (χ3v) is 5.85. The maximum Gasteiger partial charge on any atom is 0.573 e. The number of nitrogens with zero attached hydrogens (tertiary/aromatic N) is 2. The number of anilines is 1. The van der Waals surface area contributed by atoms with Crippen molar-refractivity contribution in [3.8, 4) is 11.5 Å². The minimum absolute atomic E-state index is 0.103. The van der Waals surface area contributed by atoms with Crippen LogP contribution in [0.2, 0.25) is 0 Å². The molecule has 0 fully saturated rings. The average Bonchev–Trinajstić information content (AvgIpc) is 2.75. The van der Waals surface area contributed by atoms with Gasteiger partial charge in [0.15, 0.2) is 11.5 Å². The van der Waals surface area contributed by atoms with Gasteiger partial charge in [-0.1, -0.05) is 30.8 Å². The maximum absolute atomic E-state index is 12.6. The molecule has 1 unspecified atom stereocenters. The molecule has 2 aromatic rings. The highest BCUT2D eigenvalue weighted by Gasteiger charge is 2.34. The number of alkyl halides is 3. The van der Waals surface area contributed by atoms with Crippen LogP contribution in [0.15, 0.2) is 47.6 Å². The van der Waals surface area contributed by atoms with E-state index in [1.807, 2.05) is 6.92 Å². The molecule has 1 atom stereocenters. The van der Waals surface area contributed by atoms with E-state index in [4.69, 9.17) is 10.5 Å². The lowest BCUT2D eigenvalue weighted by Gasteiger charge is -2.28. The zero-order chi connectivity index (χ0) is 24.2. The van der Waals surface area contributed by atoms with Crippen LogP contribution in [0.5, 0.6) is 11.5 Å². The second-order valence-electron chi connectivity index (χ2n) is 6.92. The number of primary amides is 1. The number of hydrazone groups is 1. The molecule has 1 aliphatic heterocycles. The Bertz CT molecular complexity index is 1060. The van der Waals surface area contributed by atoms with Gasteiger partial charge in [-0.2, -0.15) is 5.10 Å². The second kappa shape index (κ2) is 10.0. The smallest absolute Gasteiger partial charge is 0.493 e. The second-order valence-corrected chi connectivity index (χ2v) is 8.08. The third-order valence-electron chi connectivity index (χ3n) is 4.60. The summed E-state index contributed by atoms with van der Waals surface area (Å²) in [6.45, 7) is 2.05. The summed E-state index contributed by atoms with van der Waals surface area (Å²) in [6, 6.07) is 10.1. The zero-order valence-electron chi connectivity index (χ0n) is 17.7. The van der Waals surface area contributed by atoms with E-state index in [2.05, 4.69) is 15.2 Å². The standard InChI is InChI=1S/C21H21F3N4O4S/c1-3-17-18(13-6-9-15(16(10-13)31-2)32-21(22,23)24)27-28(20(30)33-17)11-12-4-7-14(8-5-12)26-19(25)29/h4-10,17H,3,11H2,1-2H3,(H3,25,26,29). The van der Waals surface area contributed by atoms with Gasteiger partial charge in [0.2, 0.25) is 0 Å². The van der Waals surface area contributed by atoms with Gasteiger partial charge >= 0.3 is 17.6 Å². The van der Waals surface area contributed by atoms with Crippen molar-refractivity contribution in [2.24, 2.45) is 10.8 Å². The SMILES string of the molecule is CCC1SC(=O)N(Cc2ccc(NC(N)=O)cc2)N=C1c1ccc(OC(F)(F)F)c(OC)c1. The molecule has 0 aromatic heterocycles. The van der Waals surface area contributed by atoms with Crippen LogP contribution in [0, 0.1) is 0 Å². The van der Waals surface area contributed by atoms with E-state index in [-0.39, 0.29) is 22.8 Å². The number of nitrogens with one attached hydrogen (secondary N) is 1. The first kappa shape index (κ1) is 24.2. The summed E-state index contributed by atoms with van der Waals surface area (Å²) in [5, 5.41) is 7.70. The van der Waals surface area contributed by atoms with Gasteiger partial charge in [-0.05, 0) is 42.3 Å². The molecule has 3 amide bonds. The summed E-state index contributed by atoms with van der Waals surface area (Å²) in [4.78, 5) is 23.6. The van der Waals surface area contributed by atoms with Crippen molar-refractivity contribution in [3.63, 3.8) is 0 Å². The predicted molar refractivity (Wildman–Crippen MR) is 118 cm³/mol. The Balaban J connectivity index is 1.89. The van der Waals surface area contributed by atoms with Gasteiger partial charge in [0.05, 0.1) is 24.6 Å². The van der Waals surface area contributed by atoms with Crippen molar-refractivity contribution in [2.45, 2.75) is 31.5 Å². The molecule has 0 spiro atoms. The van der Waals surface area contributed by atoms with Crippen LogP contribution in [0.25, 0.3) is 0 Å². The minimum atomic E-state index is -4.86. The number of thioether (sulfide) groups is 1. The first-order valence-corrected chi connectivity index (χ1v) is 10.6. The zero-order valence-corrected chi connectivity index (χ0v) is 18.5. The first-order valence-electron chi connectivity index (χ1n) is 9.75. The van der Waals surface area contributed by atoms with Crippen LogP contribution in [0.4, 0.5) is 28.4 Å². The van der Waals surface area contributed by atoms with Gasteiger partial charge in [-0.3, -0.25) is 4.79 Å². The summed E-state index contributed by atoms with van der Waals surface area (Å²) in [7, 11) is 1.24. The molecule has 33 heavy (non-hydrogen) atoms. The molecule has 176 valence electrons. The normalized spacial score (nSPS) is 16.3. The predicted octanol–water partition coefficient (Wildman–Crippen LogP) is 4.94. The molecule has 8 nitrogen and oxygen atoms in total. The number of carbonyl (C=O) groups excluding carboxylic acids is 2. The lowest BCUT2D eigenvalue weighted by atomic mass is 10.0. The lowest BCUT2D eigenvalue weighted by molar-refractivity contribution is -0.275. The van der Waals surface area contributed by atoms with Crippen molar-refractivity contribution in [1.29, 1.82) is 0 Å². The molecule has 0 saturated heterocycles. The van der Waals surface area contributed by atoms with Crippen LogP contribution in [0.3, 0.4) is 0 Å². The molecule has 2 aromatic carbocycles. The summed E-state index contributed by atoms with van der Waals surface area (Å²) in [5.74, 6) is -0.572. The number of carbonyl (C=O) groups is 2. The fraction of sp³-hybridized carbons (Fsp3) is 0.286. The molecule has 0 bridgehead atoms. The van der Waals surface area contributed by atoms with Crippen LogP contribution in [-0.2, 0) is 6.54 Å². The lowest BCUT2D eigenvalue weighted by Crippen LogP contribution is -2.34. The maximum atomic E-state index is 12.6. The largest absolute Gasteiger partial charge is 0.573 e. The number of ether oxygens (including phenoxy) is 2. The molecule has 3 rings (SSSR count). The van der Waals surface area contributed by atoms with Gasteiger partial charge in [-0.15, -0.1) is 13.2 Å². The Hall–Kier alpha value is -3.41. The summed E-state index contributed by atoms with van der Waals surface area (Å²) >= 11 is 1.09. The van der Waals surface area contributed by atoms with Gasteiger partial charge in [-0.25, -0.2) is 9.80 Å². The number of methoxy groups -OCH3 is 1. The third kappa shape index (κ3) is 6.31. The van der Waals surface area contributed by atoms with Gasteiger partial charge in [0.25, 0.3) is 0 Å². The van der Waals surface area contributed by atoms with E-state index in [0.717, 1.165) is 23.4 Å². The quantitative estimate of drug-likeness (QED) is 0.582. The van der Waals surface area contributed by atoms with Crippen LogP contribution in [-0.4, -0.2) is 40.7 Å². The van der Waals surface area contributed by atoms with Crippen molar-refractivity contribution in [2.75, 3.05) is 12.4 Å². The van der Waals surface area contributed by atoms with Crippen molar-refractivity contribution in [3.05, 3.63) is 53.6 Å². The summed E-state index contributed by atoms with van der Waals surface area (Å²) < 4.78 is 47.0. The Morgan fingerprint density at radius 1 is 1.21 bits per heavy atom. The highest BCUT2D eigenvalue weighted by Crippen LogP contribution is 2.36. The summed E-state index contributed by atoms with van der Waals surface area (Å²) in [5.41, 5.74) is 7.40. The number of nitrogens with two attached hydrogens (primary N) is 1. The van der Waals surface area contributed by atoms with Crippen molar-refractivity contribution >= 4 is 34.4 Å². The fourth-order valence-corrected chi connectivity index (χ4v) is 4.07. The number of amides is 3. The Morgan fingerprint density at radius 3 is 2.48 bits per heavy atom. The van der Waals surface area contributed by atoms with E-state index in [9.17, 15) is 22.8 Å². The molecule has 1 heterocycles. The number of urea groups is 1. The molecule has 0 saturated carbocycles. The molecular formula is C21H21F3N4O4S. The van der Waals surface area contributed by atoms with Crippen LogP contribution in [0.1, 0.15) is 24.5 Å². The number of rotatable bonds is 7. The van der Waals surface area contributed by atoms with E-state index in [1.165, 1.54) is 24.3 Å². The molecule has 1 aliphatic rings. The monoisotopic (exact) mass is 482 g/mol. The molecule has 0 radical (unpaired) electrons. The Morgan fingerprint density at radius 2 is 1.91 bits per heavy atom. The van der Waals surface area contributed by atoms with Crippen LogP contribution >= 0.6 is 11.8 Å². The van der Waals surface area contributed by atoms with Gasteiger partial charge < -0.3 is 20.5 Å². The molecule has 12 heteroatoms. The molecule has 3 N–H and O–H groups in total. The number of hydrogen-bond donors (Lipinski definition) is 2. The number of halogens is 3. The minimum Gasteiger partial charge on any atom is -0.493 e. The van der Waals surface area contributed by atoms with Gasteiger partial charge in [0, 0.05) is 11.3 Å². The van der Waals surface area contributed by atoms with E-state index in [0.29, 0.717) is 23.4 Å². The van der Waals surface area contributed by atoms with Crippen molar-refractivity contribution in [1.82, 2.24) is 5.01 Å². The average molecular weight is 482 g/mol.